The molecule has 0 saturated carbocycles. The standard InChI is InChI=1S/C13H14N2O3S/c1-8-11(7-12(16)17)18-13(14-8)15-9-4-3-5-10(6-9)19-2/h3-6H,7H2,1-2H3,(H,14,15)(H,16,17). The molecule has 0 saturated heterocycles. The second-order valence-corrected chi connectivity index (χ2v) is 4.83. The number of oxazole rings is 1. The van der Waals surface area contributed by atoms with Crippen molar-refractivity contribution < 1.29 is 14.3 Å². The normalized spacial score (nSPS) is 10.4. The van der Waals surface area contributed by atoms with Gasteiger partial charge in [0.05, 0.1) is 5.69 Å². The fourth-order valence-electron chi connectivity index (χ4n) is 1.61. The predicted molar refractivity (Wildman–Crippen MR) is 74.1 cm³/mol. The fourth-order valence-corrected chi connectivity index (χ4v) is 2.07. The van der Waals surface area contributed by atoms with Crippen LogP contribution in [0.2, 0.25) is 0 Å². The molecule has 0 fully saturated rings. The number of rotatable bonds is 5. The molecule has 0 unspecified atom stereocenters. The minimum atomic E-state index is -0.935. The number of benzene rings is 1. The van der Waals surface area contributed by atoms with E-state index in [-0.39, 0.29) is 6.42 Å². The van der Waals surface area contributed by atoms with E-state index in [9.17, 15) is 4.79 Å². The molecule has 0 aliphatic heterocycles. The highest BCUT2D eigenvalue weighted by Crippen LogP contribution is 2.23. The molecule has 1 aromatic heterocycles. The Hall–Kier alpha value is -1.95. The van der Waals surface area contributed by atoms with Crippen molar-refractivity contribution in [1.29, 1.82) is 0 Å². The first-order chi connectivity index (χ1) is 9.08. The van der Waals surface area contributed by atoms with Crippen molar-refractivity contribution in [3.8, 4) is 0 Å². The van der Waals surface area contributed by atoms with E-state index in [4.69, 9.17) is 9.52 Å². The lowest BCUT2D eigenvalue weighted by Gasteiger charge is -2.03. The number of hydrogen-bond donors (Lipinski definition) is 2. The average Bonchev–Trinajstić information content (AvgIpc) is 2.69. The van der Waals surface area contributed by atoms with Crippen LogP contribution in [-0.2, 0) is 11.2 Å². The largest absolute Gasteiger partial charge is 0.481 e. The molecule has 2 N–H and O–H groups in total. The summed E-state index contributed by atoms with van der Waals surface area (Å²) < 4.78 is 5.39. The van der Waals surface area contributed by atoms with E-state index in [1.54, 1.807) is 18.7 Å². The summed E-state index contributed by atoms with van der Waals surface area (Å²) in [6, 6.07) is 8.12. The van der Waals surface area contributed by atoms with Crippen LogP contribution in [-0.4, -0.2) is 22.3 Å². The van der Waals surface area contributed by atoms with Crippen LogP contribution in [0.1, 0.15) is 11.5 Å². The van der Waals surface area contributed by atoms with E-state index in [1.165, 1.54) is 0 Å². The summed E-state index contributed by atoms with van der Waals surface area (Å²) in [7, 11) is 0. The molecule has 0 bridgehead atoms. The fraction of sp³-hybridized carbons (Fsp3) is 0.231. The molecule has 2 aromatic rings. The summed E-state index contributed by atoms with van der Waals surface area (Å²) in [6.45, 7) is 1.73. The van der Waals surface area contributed by atoms with Crippen LogP contribution in [0.3, 0.4) is 0 Å². The van der Waals surface area contributed by atoms with Crippen LogP contribution in [0.4, 0.5) is 11.7 Å². The maximum Gasteiger partial charge on any atom is 0.311 e. The molecule has 0 aliphatic rings. The highest BCUT2D eigenvalue weighted by Gasteiger charge is 2.12. The number of carbonyl (C=O) groups is 1. The van der Waals surface area contributed by atoms with Gasteiger partial charge in [0.2, 0.25) is 0 Å². The van der Waals surface area contributed by atoms with Crippen molar-refractivity contribution in [1.82, 2.24) is 4.98 Å². The van der Waals surface area contributed by atoms with E-state index >= 15 is 0 Å². The third-order valence-electron chi connectivity index (χ3n) is 2.53. The number of anilines is 2. The number of hydrogen-bond acceptors (Lipinski definition) is 5. The van der Waals surface area contributed by atoms with Gasteiger partial charge in [-0.05, 0) is 31.4 Å². The Morgan fingerprint density at radius 1 is 1.53 bits per heavy atom. The zero-order valence-electron chi connectivity index (χ0n) is 10.6. The van der Waals surface area contributed by atoms with E-state index in [0.717, 1.165) is 10.6 Å². The highest BCUT2D eigenvalue weighted by molar-refractivity contribution is 7.98. The summed E-state index contributed by atoms with van der Waals surface area (Å²) in [4.78, 5) is 16.0. The molecule has 0 aliphatic carbocycles. The first-order valence-electron chi connectivity index (χ1n) is 5.67. The van der Waals surface area contributed by atoms with Gasteiger partial charge in [-0.25, -0.2) is 0 Å². The predicted octanol–water partition coefficient (Wildman–Crippen LogP) is 3.08. The van der Waals surface area contributed by atoms with Gasteiger partial charge >= 0.3 is 5.97 Å². The molecule has 0 spiro atoms. The van der Waals surface area contributed by atoms with Crippen molar-refractivity contribution in [2.24, 2.45) is 0 Å². The third kappa shape index (κ3) is 3.51. The van der Waals surface area contributed by atoms with Crippen LogP contribution in [0.5, 0.6) is 0 Å². The zero-order chi connectivity index (χ0) is 13.8. The van der Waals surface area contributed by atoms with Crippen LogP contribution in [0.15, 0.2) is 33.6 Å². The third-order valence-corrected chi connectivity index (χ3v) is 3.25. The van der Waals surface area contributed by atoms with E-state index in [2.05, 4.69) is 10.3 Å². The molecular weight excluding hydrogens is 264 g/mol. The van der Waals surface area contributed by atoms with Gasteiger partial charge in [-0.3, -0.25) is 4.79 Å². The van der Waals surface area contributed by atoms with Crippen LogP contribution in [0, 0.1) is 6.92 Å². The van der Waals surface area contributed by atoms with Gasteiger partial charge in [0.15, 0.2) is 0 Å². The molecule has 19 heavy (non-hydrogen) atoms. The number of nitrogens with zero attached hydrogens (tertiary/aromatic N) is 1. The maximum absolute atomic E-state index is 10.7. The van der Waals surface area contributed by atoms with Crippen molar-refractivity contribution in [3.05, 3.63) is 35.7 Å². The van der Waals surface area contributed by atoms with Crippen molar-refractivity contribution >= 4 is 29.4 Å². The molecule has 2 rings (SSSR count). The van der Waals surface area contributed by atoms with Gasteiger partial charge < -0.3 is 14.8 Å². The number of carboxylic acids is 1. The van der Waals surface area contributed by atoms with E-state index < -0.39 is 5.97 Å². The number of aromatic nitrogens is 1. The first-order valence-corrected chi connectivity index (χ1v) is 6.90. The quantitative estimate of drug-likeness (QED) is 0.819. The summed E-state index contributed by atoms with van der Waals surface area (Å²) in [5.74, 6) is -0.564. The van der Waals surface area contributed by atoms with Crippen LogP contribution in [0.25, 0.3) is 0 Å². The van der Waals surface area contributed by atoms with Gasteiger partial charge in [0.1, 0.15) is 12.2 Å². The Morgan fingerprint density at radius 3 is 3.00 bits per heavy atom. The Balaban J connectivity index is 2.16. The molecule has 6 heteroatoms. The number of thioether (sulfide) groups is 1. The molecule has 5 nitrogen and oxygen atoms in total. The summed E-state index contributed by atoms with van der Waals surface area (Å²) >= 11 is 1.64. The first kappa shape index (κ1) is 13.5. The second-order valence-electron chi connectivity index (χ2n) is 3.96. The maximum atomic E-state index is 10.7. The Bertz CT molecular complexity index is 595. The van der Waals surface area contributed by atoms with Gasteiger partial charge in [-0.1, -0.05) is 6.07 Å². The summed E-state index contributed by atoms with van der Waals surface area (Å²) in [5, 5.41) is 11.8. The number of aryl methyl sites for hydroxylation is 1. The van der Waals surface area contributed by atoms with Crippen molar-refractivity contribution in [2.75, 3.05) is 11.6 Å². The van der Waals surface area contributed by atoms with Crippen molar-refractivity contribution in [3.63, 3.8) is 0 Å². The minimum absolute atomic E-state index is 0.161. The topological polar surface area (TPSA) is 75.4 Å². The molecular formula is C13H14N2O3S. The monoisotopic (exact) mass is 278 g/mol. The van der Waals surface area contributed by atoms with Crippen LogP contribution < -0.4 is 5.32 Å². The Kier molecular flexibility index (Phi) is 4.11. The molecule has 0 amide bonds. The van der Waals surface area contributed by atoms with E-state index in [0.29, 0.717) is 17.5 Å². The summed E-state index contributed by atoms with van der Waals surface area (Å²) in [5.41, 5.74) is 1.45. The SMILES string of the molecule is CSc1cccc(Nc2nc(C)c(CC(=O)O)o2)c1. The number of carboxylic acid groups (broad SMARTS) is 1. The molecule has 0 atom stereocenters. The molecule has 1 aromatic carbocycles. The van der Waals surface area contributed by atoms with Gasteiger partial charge in [0.25, 0.3) is 6.01 Å². The lowest BCUT2D eigenvalue weighted by Crippen LogP contribution is -1.99. The summed E-state index contributed by atoms with van der Waals surface area (Å²) in [6.07, 6.45) is 1.84. The lowest BCUT2D eigenvalue weighted by molar-refractivity contribution is -0.136. The smallest absolute Gasteiger partial charge is 0.311 e. The number of nitrogens with one attached hydrogen (secondary N) is 1. The highest BCUT2D eigenvalue weighted by atomic mass is 32.2. The molecule has 1 heterocycles. The number of aliphatic carboxylic acids is 1. The molecule has 100 valence electrons. The van der Waals surface area contributed by atoms with Gasteiger partial charge in [0, 0.05) is 10.6 Å². The van der Waals surface area contributed by atoms with E-state index in [1.807, 2.05) is 30.5 Å². The van der Waals surface area contributed by atoms with Gasteiger partial charge in [-0.15, -0.1) is 11.8 Å². The molecule has 0 radical (unpaired) electrons. The minimum Gasteiger partial charge on any atom is -0.481 e. The van der Waals surface area contributed by atoms with Crippen LogP contribution >= 0.6 is 11.8 Å². The van der Waals surface area contributed by atoms with Gasteiger partial charge in [-0.2, -0.15) is 4.98 Å². The van der Waals surface area contributed by atoms with Crippen molar-refractivity contribution in [2.45, 2.75) is 18.2 Å². The second kappa shape index (κ2) is 5.79. The zero-order valence-corrected chi connectivity index (χ0v) is 11.5. The Morgan fingerprint density at radius 2 is 2.32 bits per heavy atom. The lowest BCUT2D eigenvalue weighted by atomic mass is 10.3. The Labute approximate surface area is 115 Å². The average molecular weight is 278 g/mol.